The lowest BCUT2D eigenvalue weighted by Crippen LogP contribution is -2.24. The number of nitrogens with one attached hydrogen (secondary N) is 1. The molecule has 0 radical (unpaired) electrons. The molecule has 2 aromatic carbocycles. The van der Waals surface area contributed by atoms with E-state index < -0.39 is 0 Å². The highest BCUT2D eigenvalue weighted by atomic mass is 16.1. The molecule has 0 bridgehead atoms. The normalized spacial score (nSPS) is 14.0. The van der Waals surface area contributed by atoms with Crippen molar-refractivity contribution >= 4 is 5.91 Å². The van der Waals surface area contributed by atoms with Gasteiger partial charge in [0.25, 0.3) is 0 Å². The third kappa shape index (κ3) is 3.85. The van der Waals surface area contributed by atoms with E-state index in [9.17, 15) is 4.79 Å². The van der Waals surface area contributed by atoms with Crippen molar-refractivity contribution in [2.24, 2.45) is 0 Å². The second-order valence-electron chi connectivity index (χ2n) is 6.94. The van der Waals surface area contributed by atoms with Crippen LogP contribution in [0, 0.1) is 0 Å². The van der Waals surface area contributed by atoms with Crippen molar-refractivity contribution < 1.29 is 4.79 Å². The van der Waals surface area contributed by atoms with Crippen LogP contribution in [0.5, 0.6) is 0 Å². The van der Waals surface area contributed by atoms with Gasteiger partial charge in [-0.1, -0.05) is 42.8 Å². The summed E-state index contributed by atoms with van der Waals surface area (Å²) in [7, 11) is 0. The third-order valence-corrected chi connectivity index (χ3v) is 5.12. The van der Waals surface area contributed by atoms with E-state index in [1.807, 2.05) is 36.5 Å². The summed E-state index contributed by atoms with van der Waals surface area (Å²) >= 11 is 0. The first kappa shape index (κ1) is 16.6. The van der Waals surface area contributed by atoms with Crippen molar-refractivity contribution in [2.45, 2.75) is 38.1 Å². The average molecular weight is 345 g/mol. The topological polar surface area (TPSA) is 46.9 Å². The van der Waals surface area contributed by atoms with Crippen LogP contribution in [0.25, 0.3) is 5.69 Å². The summed E-state index contributed by atoms with van der Waals surface area (Å²) < 4.78 is 1.80. The molecule has 0 unspecified atom stereocenters. The Morgan fingerprint density at radius 2 is 1.77 bits per heavy atom. The number of benzene rings is 2. The molecule has 0 aliphatic heterocycles. The van der Waals surface area contributed by atoms with Gasteiger partial charge in [0.15, 0.2) is 0 Å². The van der Waals surface area contributed by atoms with Gasteiger partial charge in [-0.05, 0) is 53.6 Å². The standard InChI is InChI=1S/C22H23N3O/c26-22(15-17-7-11-21(12-8-17)25-14-2-13-24-25)23-16-18-5-9-20(10-6-18)19-3-1-4-19/h2,5-14,19H,1,3-4,15-16H2,(H,23,26). The molecular weight excluding hydrogens is 322 g/mol. The number of aromatic nitrogens is 2. The summed E-state index contributed by atoms with van der Waals surface area (Å²) in [6.45, 7) is 0.579. The molecule has 1 aliphatic carbocycles. The SMILES string of the molecule is O=C(Cc1ccc(-n2cccn2)cc1)NCc1ccc(C2CCC2)cc1. The Hall–Kier alpha value is -2.88. The van der Waals surface area contributed by atoms with Gasteiger partial charge in [0.05, 0.1) is 12.1 Å². The molecule has 1 aromatic heterocycles. The van der Waals surface area contributed by atoms with E-state index in [4.69, 9.17) is 0 Å². The minimum Gasteiger partial charge on any atom is -0.352 e. The van der Waals surface area contributed by atoms with Crippen LogP contribution in [0.1, 0.15) is 41.9 Å². The fourth-order valence-electron chi connectivity index (χ4n) is 3.29. The quantitative estimate of drug-likeness (QED) is 0.734. The molecule has 4 rings (SSSR count). The molecule has 4 nitrogen and oxygen atoms in total. The van der Waals surface area contributed by atoms with Crippen molar-refractivity contribution in [1.29, 1.82) is 0 Å². The highest BCUT2D eigenvalue weighted by Gasteiger charge is 2.18. The Balaban J connectivity index is 1.28. The zero-order valence-corrected chi connectivity index (χ0v) is 14.8. The number of amides is 1. The fraction of sp³-hybridized carbons (Fsp3) is 0.273. The molecule has 1 saturated carbocycles. The van der Waals surface area contributed by atoms with Gasteiger partial charge in [0.1, 0.15) is 0 Å². The van der Waals surface area contributed by atoms with Crippen LogP contribution < -0.4 is 5.32 Å². The fourth-order valence-corrected chi connectivity index (χ4v) is 3.29. The lowest BCUT2D eigenvalue weighted by Gasteiger charge is -2.25. The smallest absolute Gasteiger partial charge is 0.224 e. The zero-order chi connectivity index (χ0) is 17.8. The predicted octanol–water partition coefficient (Wildman–Crippen LogP) is 4.00. The summed E-state index contributed by atoms with van der Waals surface area (Å²) in [6, 6.07) is 18.5. The second kappa shape index (κ2) is 7.56. The van der Waals surface area contributed by atoms with Gasteiger partial charge in [-0.3, -0.25) is 4.79 Å². The van der Waals surface area contributed by atoms with Crippen molar-refractivity contribution in [3.8, 4) is 5.69 Å². The monoisotopic (exact) mass is 345 g/mol. The van der Waals surface area contributed by atoms with Crippen LogP contribution in [0.15, 0.2) is 67.0 Å². The number of carbonyl (C=O) groups is 1. The van der Waals surface area contributed by atoms with Gasteiger partial charge in [-0.2, -0.15) is 5.10 Å². The van der Waals surface area contributed by atoms with Crippen LogP contribution in [0.2, 0.25) is 0 Å². The summed E-state index contributed by atoms with van der Waals surface area (Å²) in [5.74, 6) is 0.795. The van der Waals surface area contributed by atoms with E-state index in [2.05, 4.69) is 34.7 Å². The number of hydrogen-bond acceptors (Lipinski definition) is 2. The van der Waals surface area contributed by atoms with Gasteiger partial charge >= 0.3 is 0 Å². The van der Waals surface area contributed by atoms with Gasteiger partial charge in [-0.15, -0.1) is 0 Å². The maximum Gasteiger partial charge on any atom is 0.224 e. The van der Waals surface area contributed by atoms with Gasteiger partial charge in [0, 0.05) is 18.9 Å². The minimum absolute atomic E-state index is 0.0416. The predicted molar refractivity (Wildman–Crippen MR) is 102 cm³/mol. The zero-order valence-electron chi connectivity index (χ0n) is 14.8. The first-order valence-corrected chi connectivity index (χ1v) is 9.22. The van der Waals surface area contributed by atoms with Crippen LogP contribution in [0.3, 0.4) is 0 Å². The van der Waals surface area contributed by atoms with E-state index in [0.717, 1.165) is 22.7 Å². The van der Waals surface area contributed by atoms with E-state index in [-0.39, 0.29) is 5.91 Å². The molecule has 1 N–H and O–H groups in total. The molecule has 132 valence electrons. The number of carbonyl (C=O) groups excluding carboxylic acids is 1. The molecule has 26 heavy (non-hydrogen) atoms. The average Bonchev–Trinajstić information content (AvgIpc) is 3.15. The lowest BCUT2D eigenvalue weighted by molar-refractivity contribution is -0.120. The minimum atomic E-state index is 0.0416. The van der Waals surface area contributed by atoms with Gasteiger partial charge < -0.3 is 5.32 Å². The maximum absolute atomic E-state index is 12.2. The molecular formula is C22H23N3O. The first-order valence-electron chi connectivity index (χ1n) is 9.22. The van der Waals surface area contributed by atoms with Gasteiger partial charge in [0.2, 0.25) is 5.91 Å². The van der Waals surface area contributed by atoms with Crippen molar-refractivity contribution in [3.63, 3.8) is 0 Å². The highest BCUT2D eigenvalue weighted by molar-refractivity contribution is 5.78. The van der Waals surface area contributed by atoms with Crippen LogP contribution in [0.4, 0.5) is 0 Å². The van der Waals surface area contributed by atoms with E-state index in [1.54, 1.807) is 10.9 Å². The Morgan fingerprint density at radius 3 is 2.38 bits per heavy atom. The largest absolute Gasteiger partial charge is 0.352 e. The Kier molecular flexibility index (Phi) is 4.82. The molecule has 0 atom stereocenters. The maximum atomic E-state index is 12.2. The van der Waals surface area contributed by atoms with E-state index in [1.165, 1.54) is 24.8 Å². The van der Waals surface area contributed by atoms with Crippen molar-refractivity contribution in [2.75, 3.05) is 0 Å². The first-order chi connectivity index (χ1) is 12.8. The highest BCUT2D eigenvalue weighted by Crippen LogP contribution is 2.36. The third-order valence-electron chi connectivity index (χ3n) is 5.12. The van der Waals surface area contributed by atoms with Crippen LogP contribution in [-0.4, -0.2) is 15.7 Å². The summed E-state index contributed by atoms with van der Waals surface area (Å²) in [5, 5.41) is 7.21. The van der Waals surface area contributed by atoms with Crippen LogP contribution >= 0.6 is 0 Å². The van der Waals surface area contributed by atoms with E-state index in [0.29, 0.717) is 13.0 Å². The molecule has 1 fully saturated rings. The number of rotatable bonds is 6. The summed E-state index contributed by atoms with van der Waals surface area (Å²) in [6.07, 6.45) is 8.02. The number of hydrogen-bond donors (Lipinski definition) is 1. The Labute approximate surface area is 153 Å². The Morgan fingerprint density at radius 1 is 1.04 bits per heavy atom. The van der Waals surface area contributed by atoms with Crippen molar-refractivity contribution in [3.05, 3.63) is 83.7 Å². The molecule has 4 heteroatoms. The summed E-state index contributed by atoms with van der Waals surface area (Å²) in [5.41, 5.74) is 4.57. The van der Waals surface area contributed by atoms with E-state index >= 15 is 0 Å². The molecule has 0 saturated heterocycles. The molecule has 3 aromatic rings. The van der Waals surface area contributed by atoms with Crippen molar-refractivity contribution in [1.82, 2.24) is 15.1 Å². The summed E-state index contributed by atoms with van der Waals surface area (Å²) in [4.78, 5) is 12.2. The Bertz CT molecular complexity index is 847. The van der Waals surface area contributed by atoms with Crippen LogP contribution in [-0.2, 0) is 17.8 Å². The lowest BCUT2D eigenvalue weighted by atomic mass is 9.80. The van der Waals surface area contributed by atoms with Gasteiger partial charge in [-0.25, -0.2) is 4.68 Å². The molecule has 1 heterocycles. The second-order valence-corrected chi connectivity index (χ2v) is 6.94. The molecule has 1 amide bonds. The molecule has 1 aliphatic rings. The molecule has 0 spiro atoms. The number of nitrogens with zero attached hydrogens (tertiary/aromatic N) is 2.